The van der Waals surface area contributed by atoms with Crippen molar-refractivity contribution in [2.75, 3.05) is 26.2 Å². The Morgan fingerprint density at radius 3 is 1.09 bits per heavy atom. The lowest BCUT2D eigenvalue weighted by atomic mass is 10.0. The highest BCUT2D eigenvalue weighted by molar-refractivity contribution is 5.94. The van der Waals surface area contributed by atoms with Crippen LogP contribution in [0, 0.1) is 21.6 Å². The Hall–Kier alpha value is -5.08. The van der Waals surface area contributed by atoms with Gasteiger partial charge in [0.05, 0.1) is 6.04 Å². The van der Waals surface area contributed by atoms with E-state index in [-0.39, 0.29) is 69.2 Å². The van der Waals surface area contributed by atoms with Crippen LogP contribution < -0.4 is 71.6 Å². The fourth-order valence-electron chi connectivity index (χ4n) is 3.91. The number of primary amides is 1. The minimum atomic E-state index is -1.16. The van der Waals surface area contributed by atoms with E-state index in [0.717, 1.165) is 0 Å². The molecular weight excluding hydrogens is 590 g/mol. The van der Waals surface area contributed by atoms with Crippen LogP contribution in [0.1, 0.15) is 51.4 Å². The summed E-state index contributed by atoms with van der Waals surface area (Å²) in [7, 11) is 0. The monoisotopic (exact) mass is 641 g/mol. The first-order valence-corrected chi connectivity index (χ1v) is 14.4. The topological polar surface area (TPSA) is 404 Å². The molecule has 0 aromatic carbocycles. The van der Waals surface area contributed by atoms with Crippen LogP contribution in [0.25, 0.3) is 0 Å². The van der Waals surface area contributed by atoms with Crippen LogP contribution in [-0.4, -0.2) is 97.8 Å². The van der Waals surface area contributed by atoms with Gasteiger partial charge in [-0.1, -0.05) is 0 Å². The summed E-state index contributed by atoms with van der Waals surface area (Å²) in [5.41, 5.74) is 32.6. The Morgan fingerprint density at radius 1 is 0.467 bits per heavy atom. The Morgan fingerprint density at radius 2 is 0.756 bits per heavy atom. The summed E-state index contributed by atoms with van der Waals surface area (Å²) in [4.78, 5) is 51.6. The molecule has 0 bridgehead atoms. The summed E-state index contributed by atoms with van der Waals surface area (Å²) in [6.45, 7) is 1.04. The molecule has 21 nitrogen and oxygen atoms in total. The maximum absolute atomic E-state index is 13.4. The molecule has 4 atom stereocenters. The van der Waals surface area contributed by atoms with Gasteiger partial charge in [-0.15, -0.1) is 0 Å². The number of hydrogen-bond donors (Lipinski definition) is 17. The third-order valence-electron chi connectivity index (χ3n) is 6.23. The first-order chi connectivity index (χ1) is 21.1. The number of nitrogens with two attached hydrogens (primary N) is 6. The highest BCUT2D eigenvalue weighted by Crippen LogP contribution is 2.06. The standard InChI is InChI=1S/C24H51N17O4/c25-13(5-1-9-35-21(27)28)18(43)40-15(7-3-11-37-23(31)32)20(45)41-16(8-4-12-38-24(33)34)19(44)39-14(17(26)42)6-2-10-36-22(29)30/h13-16H,1-12,25H2,(H2,26,42)(H,39,44)(H,40,43)(H,41,45)(H4,27,28,35)(H4,29,30,36)(H4,31,32,37)(H4,33,34,38)/t13-,14-,15-,16-/m1/s1. The zero-order chi connectivity index (χ0) is 34.4. The zero-order valence-corrected chi connectivity index (χ0v) is 25.4. The minimum Gasteiger partial charge on any atom is -0.370 e. The van der Waals surface area contributed by atoms with Gasteiger partial charge in [-0.2, -0.15) is 0 Å². The van der Waals surface area contributed by atoms with E-state index in [2.05, 4.69) is 37.2 Å². The van der Waals surface area contributed by atoms with Crippen LogP contribution >= 0.6 is 0 Å². The van der Waals surface area contributed by atoms with Crippen LogP contribution in [0.2, 0.25) is 0 Å². The highest BCUT2D eigenvalue weighted by Gasteiger charge is 2.29. The molecule has 21 heteroatoms. The van der Waals surface area contributed by atoms with Gasteiger partial charge in [0.25, 0.3) is 0 Å². The molecule has 0 rings (SSSR count). The van der Waals surface area contributed by atoms with E-state index in [4.69, 9.17) is 56.0 Å². The zero-order valence-electron chi connectivity index (χ0n) is 25.4. The molecule has 0 heterocycles. The lowest BCUT2D eigenvalue weighted by Gasteiger charge is -2.26. The molecule has 23 N–H and O–H groups in total. The van der Waals surface area contributed by atoms with Crippen LogP contribution in [-0.2, 0) is 19.2 Å². The normalized spacial score (nSPS) is 13.1. The summed E-state index contributed by atoms with van der Waals surface area (Å²) in [5, 5.41) is 47.2. The van der Waals surface area contributed by atoms with Crippen LogP contribution in [0.5, 0.6) is 0 Å². The average Bonchev–Trinajstić information content (AvgIpc) is 2.94. The fourth-order valence-corrected chi connectivity index (χ4v) is 3.91. The molecule has 0 aromatic rings. The van der Waals surface area contributed by atoms with Gasteiger partial charge in [-0.25, -0.2) is 0 Å². The molecule has 256 valence electrons. The number of carbonyl (C=O) groups excluding carboxylic acids is 4. The van der Waals surface area contributed by atoms with Crippen LogP contribution in [0.15, 0.2) is 0 Å². The molecule has 0 radical (unpaired) electrons. The Kier molecular flexibility index (Phi) is 19.9. The van der Waals surface area contributed by atoms with E-state index >= 15 is 0 Å². The minimum absolute atomic E-state index is 0.0739. The van der Waals surface area contributed by atoms with Gasteiger partial charge in [0.1, 0.15) is 18.1 Å². The van der Waals surface area contributed by atoms with Crippen molar-refractivity contribution in [2.24, 2.45) is 34.4 Å². The molecule has 0 spiro atoms. The van der Waals surface area contributed by atoms with Crippen LogP contribution in [0.3, 0.4) is 0 Å². The third kappa shape index (κ3) is 20.5. The van der Waals surface area contributed by atoms with Crippen molar-refractivity contribution in [2.45, 2.75) is 75.5 Å². The highest BCUT2D eigenvalue weighted by atomic mass is 16.2. The lowest BCUT2D eigenvalue weighted by molar-refractivity contribution is -0.133. The SMILES string of the molecule is N=C(N)NCCC[C@@H](N)C(=O)N[C@H](CCCNC(=N)N)C(=O)N[C@H](CCCNC(=N)N)C(=O)N[C@H](CCCNC(=N)N)C(N)=O. The number of nitrogens with one attached hydrogen (secondary N) is 11. The van der Waals surface area contributed by atoms with Crippen LogP contribution in [0.4, 0.5) is 0 Å². The second kappa shape index (κ2) is 22.5. The van der Waals surface area contributed by atoms with Crippen molar-refractivity contribution in [3.8, 4) is 0 Å². The molecule has 45 heavy (non-hydrogen) atoms. The summed E-state index contributed by atoms with van der Waals surface area (Å²) in [6, 6.07) is -4.34. The van der Waals surface area contributed by atoms with E-state index in [9.17, 15) is 19.2 Å². The quantitative estimate of drug-likeness (QED) is 0.0281. The number of guanidine groups is 4. The summed E-state index contributed by atoms with van der Waals surface area (Å²) in [6.07, 6.45) is 1.92. The molecule has 0 aliphatic rings. The van der Waals surface area contributed by atoms with Crippen molar-refractivity contribution in [3.05, 3.63) is 0 Å². The Bertz CT molecular complexity index is 1020. The first kappa shape index (κ1) is 39.9. The number of rotatable bonds is 23. The van der Waals surface area contributed by atoms with Gasteiger partial charge in [0, 0.05) is 26.2 Å². The van der Waals surface area contributed by atoms with Crippen molar-refractivity contribution >= 4 is 47.5 Å². The molecule has 0 aliphatic carbocycles. The molecule has 0 fully saturated rings. The summed E-state index contributed by atoms with van der Waals surface area (Å²) >= 11 is 0. The second-order valence-electron chi connectivity index (χ2n) is 10.1. The molecular formula is C24H51N17O4. The van der Waals surface area contributed by atoms with Crippen molar-refractivity contribution < 1.29 is 19.2 Å². The van der Waals surface area contributed by atoms with Gasteiger partial charge in [0.2, 0.25) is 23.6 Å². The average molecular weight is 642 g/mol. The van der Waals surface area contributed by atoms with Gasteiger partial charge >= 0.3 is 0 Å². The van der Waals surface area contributed by atoms with Gasteiger partial charge in [0.15, 0.2) is 23.8 Å². The molecule has 0 unspecified atom stereocenters. The fraction of sp³-hybridized carbons (Fsp3) is 0.667. The van der Waals surface area contributed by atoms with Crippen molar-refractivity contribution in [1.29, 1.82) is 21.6 Å². The summed E-state index contributed by atoms with van der Waals surface area (Å²) in [5.74, 6) is -3.82. The van der Waals surface area contributed by atoms with Crippen molar-refractivity contribution in [1.82, 2.24) is 37.2 Å². The van der Waals surface area contributed by atoms with E-state index in [1.54, 1.807) is 0 Å². The molecule has 4 amide bonds. The predicted octanol–water partition coefficient (Wildman–Crippen LogP) is -5.69. The maximum Gasteiger partial charge on any atom is 0.243 e. The maximum atomic E-state index is 13.4. The van der Waals surface area contributed by atoms with Gasteiger partial charge in [-0.3, -0.25) is 40.8 Å². The van der Waals surface area contributed by atoms with E-state index < -0.39 is 47.8 Å². The summed E-state index contributed by atoms with van der Waals surface area (Å²) < 4.78 is 0. The smallest absolute Gasteiger partial charge is 0.243 e. The molecule has 0 saturated carbocycles. The number of carbonyl (C=O) groups is 4. The van der Waals surface area contributed by atoms with E-state index in [1.165, 1.54) is 0 Å². The predicted molar refractivity (Wildman–Crippen MR) is 170 cm³/mol. The third-order valence-corrected chi connectivity index (χ3v) is 6.23. The number of amides is 4. The molecule has 0 aromatic heterocycles. The van der Waals surface area contributed by atoms with Crippen molar-refractivity contribution in [3.63, 3.8) is 0 Å². The molecule has 0 saturated heterocycles. The lowest BCUT2D eigenvalue weighted by Crippen LogP contribution is -2.57. The van der Waals surface area contributed by atoms with Gasteiger partial charge < -0.3 is 71.6 Å². The largest absolute Gasteiger partial charge is 0.370 e. The Balaban J connectivity index is 5.68. The van der Waals surface area contributed by atoms with E-state index in [1.807, 2.05) is 0 Å². The second-order valence-corrected chi connectivity index (χ2v) is 10.1. The molecule has 0 aliphatic heterocycles. The Labute approximate surface area is 261 Å². The van der Waals surface area contributed by atoms with Gasteiger partial charge in [-0.05, 0) is 51.4 Å². The first-order valence-electron chi connectivity index (χ1n) is 14.4. The van der Waals surface area contributed by atoms with E-state index in [0.29, 0.717) is 32.2 Å². The number of hydrogen-bond acceptors (Lipinski definition) is 9.